The van der Waals surface area contributed by atoms with Crippen molar-refractivity contribution in [1.82, 2.24) is 9.80 Å². The highest BCUT2D eigenvalue weighted by molar-refractivity contribution is 6.01. The van der Waals surface area contributed by atoms with Gasteiger partial charge in [-0.3, -0.25) is 9.59 Å². The number of methoxy groups -OCH3 is 1. The zero-order valence-corrected chi connectivity index (χ0v) is 23.5. The largest absolute Gasteiger partial charge is 0.497 e. The van der Waals surface area contributed by atoms with Crippen LogP contribution in [0.3, 0.4) is 0 Å². The monoisotopic (exact) mass is 541 g/mol. The normalized spacial score (nSPS) is 14.7. The van der Waals surface area contributed by atoms with Gasteiger partial charge in [-0.05, 0) is 103 Å². The molecule has 40 heavy (non-hydrogen) atoms. The van der Waals surface area contributed by atoms with E-state index in [0.29, 0.717) is 50.1 Å². The van der Waals surface area contributed by atoms with Gasteiger partial charge in [-0.15, -0.1) is 0 Å². The molecule has 0 atom stereocenters. The van der Waals surface area contributed by atoms with Gasteiger partial charge in [-0.25, -0.2) is 4.79 Å². The Balaban J connectivity index is 1.39. The van der Waals surface area contributed by atoms with Gasteiger partial charge in [0.1, 0.15) is 11.4 Å². The molecule has 208 valence electrons. The fourth-order valence-corrected chi connectivity index (χ4v) is 5.43. The number of nitrogens with zero attached hydrogens (tertiary/aromatic N) is 2. The van der Waals surface area contributed by atoms with Crippen LogP contribution in [-0.4, -0.2) is 66.6 Å². The van der Waals surface area contributed by atoms with Crippen molar-refractivity contribution in [3.05, 3.63) is 76.9 Å². The molecule has 8 heteroatoms. The lowest BCUT2D eigenvalue weighted by Gasteiger charge is -2.26. The highest BCUT2D eigenvalue weighted by Crippen LogP contribution is 2.42. The second kappa shape index (κ2) is 10.7. The highest BCUT2D eigenvalue weighted by Gasteiger charge is 2.29. The van der Waals surface area contributed by atoms with Gasteiger partial charge in [-0.2, -0.15) is 0 Å². The van der Waals surface area contributed by atoms with Gasteiger partial charge < -0.3 is 25.0 Å². The summed E-state index contributed by atoms with van der Waals surface area (Å²) in [6.07, 6.45) is 0.848. The average Bonchev–Trinajstić information content (AvgIpc) is 3.10. The van der Waals surface area contributed by atoms with Crippen molar-refractivity contribution in [2.24, 2.45) is 5.73 Å². The molecule has 1 heterocycles. The predicted octanol–water partition coefficient (Wildman–Crippen LogP) is 5.12. The van der Waals surface area contributed by atoms with Crippen molar-refractivity contribution < 1.29 is 23.9 Å². The maximum Gasteiger partial charge on any atom is 0.410 e. The maximum absolute atomic E-state index is 13.5. The van der Waals surface area contributed by atoms with Crippen LogP contribution in [-0.2, 0) is 11.2 Å². The van der Waals surface area contributed by atoms with Crippen LogP contribution in [0.5, 0.6) is 5.75 Å². The second-order valence-corrected chi connectivity index (χ2v) is 11.3. The first-order valence-corrected chi connectivity index (χ1v) is 13.6. The van der Waals surface area contributed by atoms with Gasteiger partial charge >= 0.3 is 6.09 Å². The van der Waals surface area contributed by atoms with E-state index in [2.05, 4.69) is 6.07 Å². The molecule has 5 rings (SSSR count). The minimum atomic E-state index is -0.565. The first-order chi connectivity index (χ1) is 19.0. The summed E-state index contributed by atoms with van der Waals surface area (Å²) in [6.45, 7) is 7.50. The summed E-state index contributed by atoms with van der Waals surface area (Å²) in [7, 11) is 1.62. The minimum Gasteiger partial charge on any atom is -0.497 e. The molecule has 0 bridgehead atoms. The average molecular weight is 542 g/mol. The van der Waals surface area contributed by atoms with E-state index in [-0.39, 0.29) is 12.0 Å². The van der Waals surface area contributed by atoms with E-state index in [9.17, 15) is 14.4 Å². The third-order valence-electron chi connectivity index (χ3n) is 7.36. The molecule has 0 aromatic heterocycles. The molecular formula is C32H35N3O5. The Labute approximate surface area is 234 Å². The number of fused-ring (bicyclic) bond motifs is 3. The van der Waals surface area contributed by atoms with Gasteiger partial charge in [0.25, 0.3) is 5.91 Å². The summed E-state index contributed by atoms with van der Waals surface area (Å²) in [5.41, 5.74) is 11.9. The van der Waals surface area contributed by atoms with Crippen LogP contribution >= 0.6 is 0 Å². The summed E-state index contributed by atoms with van der Waals surface area (Å²) in [5.74, 6) is 0.172. The Morgan fingerprint density at radius 1 is 0.850 bits per heavy atom. The Morgan fingerprint density at radius 3 is 2.33 bits per heavy atom. The van der Waals surface area contributed by atoms with Crippen LogP contribution in [0.15, 0.2) is 54.6 Å². The molecule has 0 saturated carbocycles. The molecule has 2 N–H and O–H groups in total. The van der Waals surface area contributed by atoms with Crippen LogP contribution in [0, 0.1) is 0 Å². The predicted molar refractivity (Wildman–Crippen MR) is 154 cm³/mol. The number of carbonyl (C=O) groups excluding carboxylic acids is 3. The topological polar surface area (TPSA) is 102 Å². The standard InChI is InChI=1S/C32H35N3O5/c1-32(2,3)40-31(38)35-12-6-11-34(13-14-35)30(37)21-9-10-25-23(15-21)19-27-26(25)17-22(18-28(27)29(33)36)20-7-5-8-24(16-20)39-4/h5,7-10,15-18H,6,11-14,19H2,1-4H3,(H2,33,36). The van der Waals surface area contributed by atoms with E-state index in [1.54, 1.807) is 16.9 Å². The molecular weight excluding hydrogens is 506 g/mol. The molecule has 1 aliphatic heterocycles. The number of benzene rings is 3. The number of amides is 3. The number of carbonyl (C=O) groups is 3. The van der Waals surface area contributed by atoms with Crippen LogP contribution in [0.1, 0.15) is 59.0 Å². The van der Waals surface area contributed by atoms with Crippen LogP contribution in [0.2, 0.25) is 0 Å². The lowest BCUT2D eigenvalue weighted by atomic mass is 9.94. The molecule has 1 saturated heterocycles. The number of rotatable bonds is 4. The number of hydrogen-bond acceptors (Lipinski definition) is 5. The Morgan fingerprint density at radius 2 is 1.60 bits per heavy atom. The molecule has 3 aromatic rings. The molecule has 2 aliphatic rings. The van der Waals surface area contributed by atoms with E-state index >= 15 is 0 Å². The summed E-state index contributed by atoms with van der Waals surface area (Å²) >= 11 is 0. The summed E-state index contributed by atoms with van der Waals surface area (Å²) < 4.78 is 10.9. The van der Waals surface area contributed by atoms with Gasteiger partial charge in [0.2, 0.25) is 5.91 Å². The third-order valence-corrected chi connectivity index (χ3v) is 7.36. The first-order valence-electron chi connectivity index (χ1n) is 13.6. The second-order valence-electron chi connectivity index (χ2n) is 11.3. The first kappa shape index (κ1) is 27.2. The van der Waals surface area contributed by atoms with E-state index in [1.807, 2.05) is 69.3 Å². The van der Waals surface area contributed by atoms with E-state index in [4.69, 9.17) is 15.2 Å². The molecule has 0 spiro atoms. The molecule has 8 nitrogen and oxygen atoms in total. The Bertz CT molecular complexity index is 1490. The minimum absolute atomic E-state index is 0.0722. The zero-order valence-electron chi connectivity index (χ0n) is 23.5. The molecule has 0 unspecified atom stereocenters. The summed E-state index contributed by atoms with van der Waals surface area (Å²) in [6, 6.07) is 17.3. The van der Waals surface area contributed by atoms with Crippen LogP contribution in [0.4, 0.5) is 4.79 Å². The van der Waals surface area contributed by atoms with Crippen molar-refractivity contribution in [3.63, 3.8) is 0 Å². The molecule has 3 amide bonds. The third kappa shape index (κ3) is 5.52. The molecule has 0 radical (unpaired) electrons. The lowest BCUT2D eigenvalue weighted by molar-refractivity contribution is 0.0255. The van der Waals surface area contributed by atoms with Gasteiger partial charge in [0.15, 0.2) is 0 Å². The van der Waals surface area contributed by atoms with Crippen molar-refractivity contribution >= 4 is 17.9 Å². The van der Waals surface area contributed by atoms with Crippen molar-refractivity contribution in [1.29, 1.82) is 0 Å². The summed E-state index contributed by atoms with van der Waals surface area (Å²) in [4.78, 5) is 42.0. The van der Waals surface area contributed by atoms with Crippen LogP contribution < -0.4 is 10.5 Å². The zero-order chi connectivity index (χ0) is 28.6. The van der Waals surface area contributed by atoms with Gasteiger partial charge in [0.05, 0.1) is 7.11 Å². The van der Waals surface area contributed by atoms with Crippen LogP contribution in [0.25, 0.3) is 22.3 Å². The number of primary amides is 1. The molecule has 3 aromatic carbocycles. The maximum atomic E-state index is 13.5. The molecule has 1 aliphatic carbocycles. The smallest absolute Gasteiger partial charge is 0.410 e. The van der Waals surface area contributed by atoms with Gasteiger partial charge in [0, 0.05) is 37.3 Å². The fourth-order valence-electron chi connectivity index (χ4n) is 5.43. The number of hydrogen-bond donors (Lipinski definition) is 1. The fraction of sp³-hybridized carbons (Fsp3) is 0.344. The number of nitrogens with two attached hydrogens (primary N) is 1. The SMILES string of the molecule is COc1cccc(-c2cc(C(N)=O)c3c(c2)-c2ccc(C(=O)N4CCCN(C(=O)OC(C)(C)C)CC4)cc2C3)c1. The Kier molecular flexibility index (Phi) is 7.27. The van der Waals surface area contributed by atoms with E-state index < -0.39 is 11.5 Å². The quantitative estimate of drug-likeness (QED) is 0.387. The van der Waals surface area contributed by atoms with E-state index in [1.165, 1.54) is 0 Å². The lowest BCUT2D eigenvalue weighted by Crippen LogP contribution is -2.40. The number of ether oxygens (including phenoxy) is 2. The van der Waals surface area contributed by atoms with Crippen molar-refractivity contribution in [2.45, 2.75) is 39.2 Å². The summed E-state index contributed by atoms with van der Waals surface area (Å²) in [5, 5.41) is 0. The Hall–Kier alpha value is -4.33. The van der Waals surface area contributed by atoms with Crippen molar-refractivity contribution in [2.75, 3.05) is 33.3 Å². The van der Waals surface area contributed by atoms with E-state index in [0.717, 1.165) is 39.1 Å². The van der Waals surface area contributed by atoms with Gasteiger partial charge in [-0.1, -0.05) is 18.2 Å². The highest BCUT2D eigenvalue weighted by atomic mass is 16.6. The van der Waals surface area contributed by atoms with Crippen molar-refractivity contribution in [3.8, 4) is 28.0 Å². The molecule has 1 fully saturated rings.